The molecule has 20 heavy (non-hydrogen) atoms. The van der Waals surface area contributed by atoms with Gasteiger partial charge in [-0.2, -0.15) is 0 Å². The summed E-state index contributed by atoms with van der Waals surface area (Å²) in [6.07, 6.45) is 2.42. The molecule has 0 atom stereocenters. The van der Waals surface area contributed by atoms with E-state index < -0.39 is 6.09 Å². The maximum absolute atomic E-state index is 11.3. The van der Waals surface area contributed by atoms with Gasteiger partial charge in [-0.05, 0) is 30.2 Å². The molecule has 1 aromatic heterocycles. The van der Waals surface area contributed by atoms with Crippen molar-refractivity contribution in [2.24, 2.45) is 0 Å². The van der Waals surface area contributed by atoms with Crippen molar-refractivity contribution in [1.29, 1.82) is 0 Å². The molecule has 0 saturated carbocycles. The van der Waals surface area contributed by atoms with Crippen molar-refractivity contribution in [2.45, 2.75) is 6.42 Å². The fourth-order valence-electron chi connectivity index (χ4n) is 1.78. The van der Waals surface area contributed by atoms with Gasteiger partial charge in [-0.15, -0.1) is 0 Å². The Labute approximate surface area is 116 Å². The van der Waals surface area contributed by atoms with E-state index in [4.69, 9.17) is 4.74 Å². The molecule has 0 bridgehead atoms. The molecule has 0 spiro atoms. The highest BCUT2D eigenvalue weighted by Gasteiger charge is 2.15. The molecule has 1 aromatic carbocycles. The van der Waals surface area contributed by atoms with Crippen LogP contribution in [0.25, 0.3) is 0 Å². The molecule has 1 N–H and O–H groups in total. The standard InChI is InChI=1S/C14H15N3O3/c1-20-12-4-2-11(3-5-12)7-9-17(14(18)19)13-6-8-15-10-16-13/h2-6,8,10H,7,9H2,1H3,(H,18,19). The van der Waals surface area contributed by atoms with E-state index in [2.05, 4.69) is 9.97 Å². The van der Waals surface area contributed by atoms with Crippen molar-refractivity contribution in [3.8, 4) is 5.75 Å². The van der Waals surface area contributed by atoms with Gasteiger partial charge in [-0.25, -0.2) is 14.8 Å². The first-order valence-corrected chi connectivity index (χ1v) is 6.10. The quantitative estimate of drug-likeness (QED) is 0.904. The van der Waals surface area contributed by atoms with Gasteiger partial charge in [-0.1, -0.05) is 12.1 Å². The number of rotatable bonds is 5. The Morgan fingerprint density at radius 1 is 1.30 bits per heavy atom. The molecular formula is C14H15N3O3. The van der Waals surface area contributed by atoms with Gasteiger partial charge in [0.2, 0.25) is 0 Å². The number of nitrogens with zero attached hydrogens (tertiary/aromatic N) is 3. The first kappa shape index (κ1) is 13.8. The van der Waals surface area contributed by atoms with Gasteiger partial charge >= 0.3 is 6.09 Å². The zero-order valence-corrected chi connectivity index (χ0v) is 11.1. The zero-order valence-electron chi connectivity index (χ0n) is 11.1. The number of amides is 1. The lowest BCUT2D eigenvalue weighted by Crippen LogP contribution is -2.32. The largest absolute Gasteiger partial charge is 0.497 e. The van der Waals surface area contributed by atoms with Gasteiger partial charge in [-0.3, -0.25) is 4.90 Å². The van der Waals surface area contributed by atoms with Gasteiger partial charge in [0.1, 0.15) is 17.9 Å². The fourth-order valence-corrected chi connectivity index (χ4v) is 1.78. The third-order valence-electron chi connectivity index (χ3n) is 2.86. The van der Waals surface area contributed by atoms with Crippen molar-refractivity contribution >= 4 is 11.9 Å². The van der Waals surface area contributed by atoms with Crippen molar-refractivity contribution < 1.29 is 14.6 Å². The van der Waals surface area contributed by atoms with E-state index in [-0.39, 0.29) is 0 Å². The number of aromatic nitrogens is 2. The lowest BCUT2D eigenvalue weighted by molar-refractivity contribution is 0.201. The van der Waals surface area contributed by atoms with Crippen LogP contribution in [0.4, 0.5) is 10.6 Å². The average Bonchev–Trinajstić information content (AvgIpc) is 2.49. The van der Waals surface area contributed by atoms with Crippen molar-refractivity contribution in [3.05, 3.63) is 48.4 Å². The predicted molar refractivity (Wildman–Crippen MR) is 74.1 cm³/mol. The Morgan fingerprint density at radius 3 is 2.60 bits per heavy atom. The van der Waals surface area contributed by atoms with Gasteiger partial charge < -0.3 is 9.84 Å². The van der Waals surface area contributed by atoms with Crippen LogP contribution in [-0.4, -0.2) is 34.8 Å². The SMILES string of the molecule is COc1ccc(CCN(C(=O)O)c2ccncn2)cc1. The smallest absolute Gasteiger partial charge is 0.413 e. The van der Waals surface area contributed by atoms with E-state index in [0.29, 0.717) is 18.8 Å². The Kier molecular flexibility index (Phi) is 4.49. The Hall–Kier alpha value is -2.63. The summed E-state index contributed by atoms with van der Waals surface area (Å²) < 4.78 is 5.08. The average molecular weight is 273 g/mol. The minimum atomic E-state index is -1.03. The van der Waals surface area contributed by atoms with Crippen LogP contribution in [0.1, 0.15) is 5.56 Å². The molecule has 0 unspecified atom stereocenters. The monoisotopic (exact) mass is 273 g/mol. The number of carbonyl (C=O) groups is 1. The third kappa shape index (κ3) is 3.44. The first-order valence-electron chi connectivity index (χ1n) is 6.10. The summed E-state index contributed by atoms with van der Waals surface area (Å²) >= 11 is 0. The lowest BCUT2D eigenvalue weighted by Gasteiger charge is -2.17. The van der Waals surface area contributed by atoms with E-state index in [1.54, 1.807) is 13.2 Å². The van der Waals surface area contributed by atoms with E-state index in [1.807, 2.05) is 24.3 Å². The van der Waals surface area contributed by atoms with Crippen molar-refractivity contribution in [1.82, 2.24) is 9.97 Å². The van der Waals surface area contributed by atoms with Crippen LogP contribution in [0, 0.1) is 0 Å². The van der Waals surface area contributed by atoms with E-state index in [1.165, 1.54) is 17.4 Å². The van der Waals surface area contributed by atoms with Crippen LogP contribution in [0.2, 0.25) is 0 Å². The summed E-state index contributed by atoms with van der Waals surface area (Å²) in [4.78, 5) is 20.2. The summed E-state index contributed by atoms with van der Waals surface area (Å²) in [6.45, 7) is 0.332. The molecule has 0 aliphatic carbocycles. The van der Waals surface area contributed by atoms with Crippen molar-refractivity contribution in [3.63, 3.8) is 0 Å². The van der Waals surface area contributed by atoms with Crippen molar-refractivity contribution in [2.75, 3.05) is 18.6 Å². The number of anilines is 1. The van der Waals surface area contributed by atoms with E-state index in [9.17, 15) is 9.90 Å². The number of hydrogen-bond donors (Lipinski definition) is 1. The van der Waals surface area contributed by atoms with E-state index >= 15 is 0 Å². The number of ether oxygens (including phenoxy) is 1. The molecule has 2 rings (SSSR count). The minimum Gasteiger partial charge on any atom is -0.497 e. The number of hydrogen-bond acceptors (Lipinski definition) is 4. The number of methoxy groups -OCH3 is 1. The Bertz CT molecular complexity index is 558. The van der Waals surface area contributed by atoms with Crippen LogP contribution in [-0.2, 0) is 6.42 Å². The van der Waals surface area contributed by atoms with Crippen LogP contribution in [0.5, 0.6) is 5.75 Å². The van der Waals surface area contributed by atoms with Gasteiger partial charge in [0.15, 0.2) is 0 Å². The van der Waals surface area contributed by atoms with Gasteiger partial charge in [0.05, 0.1) is 7.11 Å². The fraction of sp³-hybridized carbons (Fsp3) is 0.214. The molecule has 1 amide bonds. The predicted octanol–water partition coefficient (Wildman–Crippen LogP) is 2.21. The van der Waals surface area contributed by atoms with Crippen LogP contribution >= 0.6 is 0 Å². The highest BCUT2D eigenvalue weighted by atomic mass is 16.5. The molecule has 0 aliphatic rings. The second kappa shape index (κ2) is 6.51. The van der Waals surface area contributed by atoms with E-state index in [0.717, 1.165) is 11.3 Å². The molecule has 1 heterocycles. The molecule has 104 valence electrons. The zero-order chi connectivity index (χ0) is 14.4. The molecule has 0 aliphatic heterocycles. The summed E-state index contributed by atoms with van der Waals surface area (Å²) in [6, 6.07) is 9.11. The molecular weight excluding hydrogens is 258 g/mol. The summed E-state index contributed by atoms with van der Waals surface area (Å²) in [5, 5.41) is 9.23. The summed E-state index contributed by atoms with van der Waals surface area (Å²) in [5.74, 6) is 1.15. The molecule has 0 saturated heterocycles. The highest BCUT2D eigenvalue weighted by molar-refractivity contribution is 5.84. The maximum Gasteiger partial charge on any atom is 0.413 e. The minimum absolute atomic E-state index is 0.332. The Morgan fingerprint density at radius 2 is 2.05 bits per heavy atom. The maximum atomic E-state index is 11.3. The van der Waals surface area contributed by atoms with Crippen LogP contribution < -0.4 is 9.64 Å². The highest BCUT2D eigenvalue weighted by Crippen LogP contribution is 2.14. The second-order valence-electron chi connectivity index (χ2n) is 4.10. The van der Waals surface area contributed by atoms with Crippen LogP contribution in [0.15, 0.2) is 42.9 Å². The van der Waals surface area contributed by atoms with Gasteiger partial charge in [0, 0.05) is 12.7 Å². The third-order valence-corrected chi connectivity index (χ3v) is 2.86. The topological polar surface area (TPSA) is 75.5 Å². The van der Waals surface area contributed by atoms with Crippen LogP contribution in [0.3, 0.4) is 0 Å². The molecule has 2 aromatic rings. The summed E-state index contributed by atoms with van der Waals surface area (Å²) in [7, 11) is 1.61. The molecule has 0 radical (unpaired) electrons. The Balaban J connectivity index is 2.04. The molecule has 0 fully saturated rings. The normalized spacial score (nSPS) is 10.1. The number of benzene rings is 1. The summed E-state index contributed by atoms with van der Waals surface area (Å²) in [5.41, 5.74) is 1.03. The number of carboxylic acid groups (broad SMARTS) is 1. The first-order chi connectivity index (χ1) is 9.70. The lowest BCUT2D eigenvalue weighted by atomic mass is 10.1. The molecule has 6 nitrogen and oxygen atoms in total. The second-order valence-corrected chi connectivity index (χ2v) is 4.10. The molecule has 6 heteroatoms. The van der Waals surface area contributed by atoms with Gasteiger partial charge in [0.25, 0.3) is 0 Å².